The summed E-state index contributed by atoms with van der Waals surface area (Å²) in [6.07, 6.45) is 5.10. The number of hydrazone groups is 1. The van der Waals surface area contributed by atoms with E-state index in [-0.39, 0.29) is 30.4 Å². The quantitative estimate of drug-likeness (QED) is 0.388. The van der Waals surface area contributed by atoms with Crippen LogP contribution in [-0.4, -0.2) is 65.9 Å². The number of hydrogen-bond donors (Lipinski definition) is 4. The SMILES string of the molecule is CCC(C)NC(=O)OC1CCC(C2CC(NC3=c4c(c(COC5CCOC5)nn4C)=NCN3)=NN2)C1. The monoisotopic (exact) mass is 502 g/mol. The van der Waals surface area contributed by atoms with E-state index in [1.165, 1.54) is 0 Å². The maximum atomic E-state index is 12.1. The molecule has 4 N–H and O–H groups in total. The van der Waals surface area contributed by atoms with Gasteiger partial charge in [0.15, 0.2) is 0 Å². The minimum Gasteiger partial charge on any atom is -0.446 e. The summed E-state index contributed by atoms with van der Waals surface area (Å²) in [7, 11) is 1.92. The largest absolute Gasteiger partial charge is 0.446 e. The molecule has 1 amide bonds. The van der Waals surface area contributed by atoms with Gasteiger partial charge >= 0.3 is 6.09 Å². The Kier molecular flexibility index (Phi) is 7.61. The molecule has 0 spiro atoms. The normalized spacial score (nSPS) is 28.0. The van der Waals surface area contributed by atoms with Crippen molar-refractivity contribution in [2.24, 2.45) is 23.1 Å². The lowest BCUT2D eigenvalue weighted by atomic mass is 9.96. The van der Waals surface area contributed by atoms with Crippen molar-refractivity contribution < 1.29 is 19.0 Å². The Morgan fingerprint density at radius 2 is 2.19 bits per heavy atom. The van der Waals surface area contributed by atoms with Gasteiger partial charge in [-0.25, -0.2) is 4.79 Å². The van der Waals surface area contributed by atoms with Crippen molar-refractivity contribution >= 4 is 17.7 Å². The van der Waals surface area contributed by atoms with Crippen LogP contribution in [-0.2, 0) is 27.9 Å². The Morgan fingerprint density at radius 1 is 1.31 bits per heavy atom. The van der Waals surface area contributed by atoms with Gasteiger partial charge in [0.05, 0.1) is 25.4 Å². The molecule has 1 aliphatic carbocycles. The molecule has 198 valence electrons. The number of nitrogens with zero attached hydrogens (tertiary/aromatic N) is 4. The first-order valence-electron chi connectivity index (χ1n) is 13.1. The number of aromatic nitrogens is 2. The predicted octanol–water partition coefficient (Wildman–Crippen LogP) is -0.0700. The third-order valence-corrected chi connectivity index (χ3v) is 7.46. The Labute approximate surface area is 210 Å². The molecule has 1 saturated heterocycles. The molecule has 0 radical (unpaired) electrons. The van der Waals surface area contributed by atoms with Crippen molar-refractivity contribution in [2.75, 3.05) is 19.9 Å². The van der Waals surface area contributed by atoms with Crippen LogP contribution < -0.4 is 32.1 Å². The molecule has 4 heterocycles. The van der Waals surface area contributed by atoms with Crippen LogP contribution in [0.1, 0.15) is 58.1 Å². The summed E-state index contributed by atoms with van der Waals surface area (Å²) in [6.45, 7) is 6.29. The van der Waals surface area contributed by atoms with Crippen LogP contribution in [0.4, 0.5) is 4.79 Å². The summed E-state index contributed by atoms with van der Waals surface area (Å²) in [6, 6.07) is 0.341. The highest BCUT2D eigenvalue weighted by Gasteiger charge is 2.36. The van der Waals surface area contributed by atoms with E-state index < -0.39 is 0 Å². The van der Waals surface area contributed by atoms with Crippen LogP contribution in [0.2, 0.25) is 0 Å². The van der Waals surface area contributed by atoms with Gasteiger partial charge in [0.2, 0.25) is 0 Å². The van der Waals surface area contributed by atoms with Crippen molar-refractivity contribution in [2.45, 2.75) is 83.3 Å². The second-order valence-corrected chi connectivity index (χ2v) is 10.1. The van der Waals surface area contributed by atoms with E-state index >= 15 is 0 Å². The highest BCUT2D eigenvalue weighted by molar-refractivity contribution is 5.88. The molecule has 1 saturated carbocycles. The third-order valence-electron chi connectivity index (χ3n) is 7.46. The molecular weight excluding hydrogens is 464 g/mol. The average Bonchev–Trinajstić information content (AvgIpc) is 3.66. The number of fused-ring (bicyclic) bond motifs is 1. The summed E-state index contributed by atoms with van der Waals surface area (Å²) in [5, 5.41) is 20.7. The molecule has 1 aromatic rings. The van der Waals surface area contributed by atoms with Crippen molar-refractivity contribution in [1.29, 1.82) is 0 Å². The van der Waals surface area contributed by atoms with E-state index in [1.807, 2.05) is 25.6 Å². The number of hydrogen-bond acceptors (Lipinski definition) is 10. The smallest absolute Gasteiger partial charge is 0.407 e. The summed E-state index contributed by atoms with van der Waals surface area (Å²) in [4.78, 5) is 16.7. The van der Waals surface area contributed by atoms with E-state index in [0.29, 0.717) is 25.8 Å². The third kappa shape index (κ3) is 5.59. The van der Waals surface area contributed by atoms with Gasteiger partial charge in [0.25, 0.3) is 0 Å². The number of carbonyl (C=O) groups excluding carboxylic acids is 1. The number of amides is 1. The Morgan fingerprint density at radius 3 is 3.00 bits per heavy atom. The summed E-state index contributed by atoms with van der Waals surface area (Å²) < 4.78 is 18.9. The van der Waals surface area contributed by atoms with Crippen molar-refractivity contribution in [3.8, 4) is 0 Å². The highest BCUT2D eigenvalue weighted by atomic mass is 16.6. The van der Waals surface area contributed by atoms with Gasteiger partial charge in [-0.3, -0.25) is 9.67 Å². The minimum absolute atomic E-state index is 0.0395. The molecule has 0 aromatic carbocycles. The molecule has 4 aliphatic rings. The highest BCUT2D eigenvalue weighted by Crippen LogP contribution is 2.32. The van der Waals surface area contributed by atoms with Crippen LogP contribution in [0.15, 0.2) is 10.1 Å². The number of rotatable bonds is 8. The zero-order valence-electron chi connectivity index (χ0n) is 21.4. The van der Waals surface area contributed by atoms with Crippen LogP contribution in [0.25, 0.3) is 5.82 Å². The van der Waals surface area contributed by atoms with Gasteiger partial charge in [-0.1, -0.05) is 6.92 Å². The topological polar surface area (TPSA) is 135 Å². The number of ether oxygens (including phenoxy) is 3. The lowest BCUT2D eigenvalue weighted by Gasteiger charge is -2.19. The minimum atomic E-state index is -0.313. The predicted molar refractivity (Wildman–Crippen MR) is 132 cm³/mol. The Hall–Kier alpha value is -2.86. The van der Waals surface area contributed by atoms with Gasteiger partial charge in [0.1, 0.15) is 40.8 Å². The molecule has 12 nitrogen and oxygen atoms in total. The van der Waals surface area contributed by atoms with Gasteiger partial charge in [-0.05, 0) is 44.9 Å². The fraction of sp³-hybridized carbons (Fsp3) is 0.750. The number of carbonyl (C=O) groups is 1. The zero-order chi connectivity index (χ0) is 25.1. The second-order valence-electron chi connectivity index (χ2n) is 10.1. The van der Waals surface area contributed by atoms with Crippen LogP contribution in [0.5, 0.6) is 0 Å². The van der Waals surface area contributed by atoms with Crippen LogP contribution in [0, 0.1) is 5.92 Å². The fourth-order valence-electron chi connectivity index (χ4n) is 5.23. The number of amidine groups is 1. The maximum Gasteiger partial charge on any atom is 0.407 e. The van der Waals surface area contributed by atoms with Gasteiger partial charge in [-0.15, -0.1) is 0 Å². The zero-order valence-corrected chi connectivity index (χ0v) is 21.4. The Balaban J connectivity index is 1.17. The van der Waals surface area contributed by atoms with Crippen molar-refractivity contribution in [3.05, 3.63) is 16.4 Å². The van der Waals surface area contributed by atoms with Crippen LogP contribution in [0.3, 0.4) is 0 Å². The second kappa shape index (κ2) is 11.0. The molecule has 5 atom stereocenters. The lowest BCUT2D eigenvalue weighted by molar-refractivity contribution is 0.0295. The first-order chi connectivity index (χ1) is 17.5. The van der Waals surface area contributed by atoms with E-state index in [1.54, 1.807) is 0 Å². The van der Waals surface area contributed by atoms with Crippen molar-refractivity contribution in [1.82, 2.24) is 31.2 Å². The van der Waals surface area contributed by atoms with E-state index in [2.05, 4.69) is 36.6 Å². The summed E-state index contributed by atoms with van der Waals surface area (Å²) >= 11 is 0. The molecule has 0 bridgehead atoms. The molecular formula is C24H38N8O4. The fourth-order valence-corrected chi connectivity index (χ4v) is 5.23. The molecule has 5 rings (SSSR count). The molecule has 5 unspecified atom stereocenters. The van der Waals surface area contributed by atoms with Gasteiger partial charge in [0, 0.05) is 26.1 Å². The molecule has 2 fully saturated rings. The number of nitrogens with one attached hydrogen (secondary N) is 4. The first-order valence-corrected chi connectivity index (χ1v) is 13.1. The van der Waals surface area contributed by atoms with E-state index in [9.17, 15) is 4.79 Å². The first kappa shape index (κ1) is 24.8. The van der Waals surface area contributed by atoms with Gasteiger partial charge in [-0.2, -0.15) is 10.2 Å². The molecule has 1 aromatic heterocycles. The molecule has 3 aliphatic heterocycles. The Bertz CT molecular complexity index is 1100. The summed E-state index contributed by atoms with van der Waals surface area (Å²) in [5.41, 5.74) is 4.13. The summed E-state index contributed by atoms with van der Waals surface area (Å²) in [5.74, 6) is 2.13. The molecule has 36 heavy (non-hydrogen) atoms. The van der Waals surface area contributed by atoms with Gasteiger partial charge < -0.3 is 35.6 Å². The van der Waals surface area contributed by atoms with E-state index in [0.717, 1.165) is 73.2 Å². The molecule has 12 heteroatoms. The number of alkyl carbamates (subject to hydrolysis) is 1. The number of aryl methyl sites for hydroxylation is 1. The van der Waals surface area contributed by atoms with E-state index in [4.69, 9.17) is 14.2 Å². The lowest BCUT2D eigenvalue weighted by Crippen LogP contribution is -2.47. The maximum absolute atomic E-state index is 12.1. The van der Waals surface area contributed by atoms with Crippen molar-refractivity contribution in [3.63, 3.8) is 0 Å². The van der Waals surface area contributed by atoms with Crippen LogP contribution >= 0.6 is 0 Å². The standard InChI is InChI=1S/C24H38N8O4/c1-4-14(2)27-24(33)36-16-6-5-15(9-16)18-10-20(30-29-18)28-23-22-21(25-13-26-23)19(31-32(22)3)12-35-17-7-8-34-11-17/h14-18,26,29H,4-13H2,1-3H3,(H,27,33)(H,28,30). The average molecular weight is 503 g/mol.